The van der Waals surface area contributed by atoms with Crippen molar-refractivity contribution in [1.82, 2.24) is 20.6 Å². The summed E-state index contributed by atoms with van der Waals surface area (Å²) >= 11 is 0. The summed E-state index contributed by atoms with van der Waals surface area (Å²) in [6, 6.07) is 8.52. The Morgan fingerprint density at radius 1 is 0.921 bits per heavy atom. The molecule has 3 atom stereocenters. The summed E-state index contributed by atoms with van der Waals surface area (Å²) in [6.07, 6.45) is 0.982. The van der Waals surface area contributed by atoms with Crippen LogP contribution in [0.5, 0.6) is 0 Å². The van der Waals surface area contributed by atoms with Gasteiger partial charge in [-0.15, -0.1) is 0 Å². The maximum atomic E-state index is 14.2. The molecule has 2 saturated heterocycles. The normalized spacial score (nSPS) is 23.0. The highest BCUT2D eigenvalue weighted by Crippen LogP contribution is 2.39. The molecule has 2 aliphatic heterocycles. The standard InChI is InChI=1S/C28H28F4N4O2/c1-14(37)38-19-8-17(33-12-19)9-22-20-4-2-15(29)6-24(20)35-26(22)27-23(10-18-11-28(31,32)13-34-18)21-5-3-16(30)7-25(21)36-27/h2-7,17-19,33-36H,8-13H2,1H3/t17-,18+,19-/m0/s1. The zero-order valence-electron chi connectivity index (χ0n) is 20.8. The van der Waals surface area contributed by atoms with Crippen LogP contribution in [0.2, 0.25) is 0 Å². The first-order valence-corrected chi connectivity index (χ1v) is 12.8. The fraction of sp³-hybridized carbons (Fsp3) is 0.393. The first-order valence-electron chi connectivity index (χ1n) is 12.8. The van der Waals surface area contributed by atoms with Crippen LogP contribution >= 0.6 is 0 Å². The average Bonchev–Trinajstić information content (AvgIpc) is 3.59. The summed E-state index contributed by atoms with van der Waals surface area (Å²) in [6.45, 7) is 1.54. The Hall–Kier alpha value is -3.37. The molecule has 6 rings (SSSR count). The topological polar surface area (TPSA) is 81.9 Å². The number of aromatic amines is 2. The number of esters is 1. The molecule has 2 aromatic carbocycles. The molecule has 4 aromatic rings. The first-order chi connectivity index (χ1) is 18.1. The molecule has 0 unspecified atom stereocenters. The molecule has 4 N–H and O–H groups in total. The quantitative estimate of drug-likeness (QED) is 0.210. The fourth-order valence-corrected chi connectivity index (χ4v) is 6.00. The van der Waals surface area contributed by atoms with E-state index in [1.54, 1.807) is 12.1 Å². The van der Waals surface area contributed by atoms with Gasteiger partial charge >= 0.3 is 5.97 Å². The number of ether oxygens (including phenoxy) is 1. The van der Waals surface area contributed by atoms with E-state index in [4.69, 9.17) is 4.74 Å². The van der Waals surface area contributed by atoms with Crippen LogP contribution in [-0.2, 0) is 22.4 Å². The van der Waals surface area contributed by atoms with Gasteiger partial charge in [-0.1, -0.05) is 0 Å². The lowest BCUT2D eigenvalue weighted by atomic mass is 9.95. The van der Waals surface area contributed by atoms with Crippen molar-refractivity contribution in [3.63, 3.8) is 0 Å². The van der Waals surface area contributed by atoms with E-state index in [-0.39, 0.29) is 36.9 Å². The molecule has 10 heteroatoms. The Morgan fingerprint density at radius 3 is 2.03 bits per heavy atom. The van der Waals surface area contributed by atoms with Crippen molar-refractivity contribution in [3.8, 4) is 11.4 Å². The van der Waals surface area contributed by atoms with E-state index in [0.29, 0.717) is 48.2 Å². The molecular weight excluding hydrogens is 500 g/mol. The highest BCUT2D eigenvalue weighted by molar-refractivity contribution is 5.96. The number of hydrogen-bond donors (Lipinski definition) is 4. The van der Waals surface area contributed by atoms with Crippen molar-refractivity contribution in [3.05, 3.63) is 59.2 Å². The van der Waals surface area contributed by atoms with Crippen molar-refractivity contribution >= 4 is 27.8 Å². The lowest BCUT2D eigenvalue weighted by Crippen LogP contribution is -2.24. The maximum absolute atomic E-state index is 14.2. The van der Waals surface area contributed by atoms with E-state index >= 15 is 0 Å². The number of aromatic nitrogens is 2. The molecule has 0 radical (unpaired) electrons. The van der Waals surface area contributed by atoms with Gasteiger partial charge in [-0.05, 0) is 60.4 Å². The molecule has 2 aliphatic rings. The second kappa shape index (κ2) is 9.43. The van der Waals surface area contributed by atoms with Gasteiger partial charge in [0.25, 0.3) is 5.92 Å². The molecule has 4 heterocycles. The summed E-state index contributed by atoms with van der Waals surface area (Å²) in [5, 5.41) is 7.91. The van der Waals surface area contributed by atoms with Gasteiger partial charge in [-0.3, -0.25) is 4.79 Å². The van der Waals surface area contributed by atoms with E-state index in [9.17, 15) is 22.4 Å². The minimum atomic E-state index is -2.78. The molecule has 6 nitrogen and oxygen atoms in total. The predicted molar refractivity (Wildman–Crippen MR) is 136 cm³/mol. The van der Waals surface area contributed by atoms with Crippen LogP contribution in [0.15, 0.2) is 36.4 Å². The van der Waals surface area contributed by atoms with Gasteiger partial charge in [0.15, 0.2) is 0 Å². The third kappa shape index (κ3) is 4.78. The smallest absolute Gasteiger partial charge is 0.302 e. The molecule has 0 saturated carbocycles. The van der Waals surface area contributed by atoms with Gasteiger partial charge in [-0.25, -0.2) is 17.6 Å². The Labute approximate surface area is 216 Å². The van der Waals surface area contributed by atoms with Gasteiger partial charge in [0.1, 0.15) is 17.7 Å². The van der Waals surface area contributed by atoms with Crippen LogP contribution < -0.4 is 10.6 Å². The predicted octanol–water partition coefficient (Wildman–Crippen LogP) is 4.97. The molecule has 0 bridgehead atoms. The average molecular weight is 529 g/mol. The van der Waals surface area contributed by atoms with Crippen LogP contribution in [-0.4, -0.2) is 53.1 Å². The number of halogens is 4. The van der Waals surface area contributed by atoms with E-state index in [1.807, 2.05) is 0 Å². The Balaban J connectivity index is 1.44. The first kappa shape index (κ1) is 24.9. The van der Waals surface area contributed by atoms with Crippen LogP contribution in [0.1, 0.15) is 30.9 Å². The molecule has 0 amide bonds. The maximum Gasteiger partial charge on any atom is 0.302 e. The minimum absolute atomic E-state index is 0.00242. The lowest BCUT2D eigenvalue weighted by molar-refractivity contribution is -0.145. The third-order valence-electron chi connectivity index (χ3n) is 7.60. The molecule has 200 valence electrons. The molecule has 2 fully saturated rings. The highest BCUT2D eigenvalue weighted by Gasteiger charge is 2.40. The van der Waals surface area contributed by atoms with Crippen LogP contribution in [0.3, 0.4) is 0 Å². The van der Waals surface area contributed by atoms with E-state index in [1.165, 1.54) is 31.2 Å². The zero-order valence-corrected chi connectivity index (χ0v) is 20.8. The summed E-state index contributed by atoms with van der Waals surface area (Å²) in [5.41, 5.74) is 4.25. The molecule has 2 aromatic heterocycles. The van der Waals surface area contributed by atoms with Gasteiger partial charge in [-0.2, -0.15) is 0 Å². The monoisotopic (exact) mass is 528 g/mol. The zero-order chi connectivity index (χ0) is 26.6. The molecule has 38 heavy (non-hydrogen) atoms. The molecular formula is C28H28F4N4O2. The van der Waals surface area contributed by atoms with E-state index < -0.39 is 17.8 Å². The highest BCUT2D eigenvalue weighted by atomic mass is 19.3. The Kier molecular flexibility index (Phi) is 6.19. The van der Waals surface area contributed by atoms with Crippen LogP contribution in [0.25, 0.3) is 33.2 Å². The van der Waals surface area contributed by atoms with Gasteiger partial charge in [0, 0.05) is 60.2 Å². The number of benzene rings is 2. The number of H-pyrrole nitrogens is 2. The fourth-order valence-electron chi connectivity index (χ4n) is 6.00. The van der Waals surface area contributed by atoms with Crippen molar-refractivity contribution in [1.29, 1.82) is 0 Å². The van der Waals surface area contributed by atoms with Gasteiger partial charge in [0.05, 0.1) is 17.9 Å². The number of fused-ring (bicyclic) bond motifs is 2. The summed E-state index contributed by atoms with van der Waals surface area (Å²) < 4.78 is 61.7. The van der Waals surface area contributed by atoms with Crippen molar-refractivity contribution in [2.24, 2.45) is 0 Å². The number of alkyl halides is 2. The van der Waals surface area contributed by atoms with Crippen LogP contribution in [0.4, 0.5) is 17.6 Å². The third-order valence-corrected chi connectivity index (χ3v) is 7.60. The Bertz CT molecular complexity index is 1530. The van der Waals surface area contributed by atoms with Crippen molar-refractivity contribution < 1.29 is 27.1 Å². The number of carbonyl (C=O) groups excluding carboxylic acids is 1. The molecule has 0 spiro atoms. The number of carbonyl (C=O) groups is 1. The number of rotatable bonds is 6. The number of hydrogen-bond acceptors (Lipinski definition) is 4. The van der Waals surface area contributed by atoms with Crippen molar-refractivity contribution in [2.75, 3.05) is 13.1 Å². The molecule has 0 aliphatic carbocycles. The SMILES string of the molecule is CC(=O)O[C@@H]1CN[C@H](Cc2c(-c3[nH]c4cc(F)ccc4c3C[C@@H]3CC(F)(F)CN3)[nH]c3cc(F)ccc23)C1. The van der Waals surface area contributed by atoms with Crippen LogP contribution in [0, 0.1) is 11.6 Å². The van der Waals surface area contributed by atoms with Gasteiger partial charge < -0.3 is 25.3 Å². The second-order valence-corrected chi connectivity index (χ2v) is 10.5. The van der Waals surface area contributed by atoms with E-state index in [2.05, 4.69) is 20.6 Å². The largest absolute Gasteiger partial charge is 0.461 e. The number of nitrogens with one attached hydrogen (secondary N) is 4. The van der Waals surface area contributed by atoms with E-state index in [0.717, 1.165) is 21.9 Å². The van der Waals surface area contributed by atoms with Crippen molar-refractivity contribution in [2.45, 2.75) is 56.7 Å². The summed E-state index contributed by atoms with van der Waals surface area (Å²) in [5.74, 6) is -3.91. The van der Waals surface area contributed by atoms with Gasteiger partial charge in [0.2, 0.25) is 0 Å². The summed E-state index contributed by atoms with van der Waals surface area (Å²) in [4.78, 5) is 18.1. The summed E-state index contributed by atoms with van der Waals surface area (Å²) in [7, 11) is 0. The minimum Gasteiger partial charge on any atom is -0.461 e. The lowest BCUT2D eigenvalue weighted by Gasteiger charge is -2.14. The second-order valence-electron chi connectivity index (χ2n) is 10.5. The Morgan fingerprint density at radius 2 is 1.50 bits per heavy atom.